The lowest BCUT2D eigenvalue weighted by molar-refractivity contribution is -0.148. The van der Waals surface area contributed by atoms with Gasteiger partial charge in [-0.05, 0) is 24.3 Å². The number of rotatable bonds is 4. The summed E-state index contributed by atoms with van der Waals surface area (Å²) >= 11 is 7.77. The van der Waals surface area contributed by atoms with Crippen molar-refractivity contribution in [1.82, 2.24) is 4.90 Å². The number of likely N-dealkylation sites (tertiary alicyclic amines) is 1. The molecule has 0 aliphatic carbocycles. The molecule has 0 aromatic heterocycles. The minimum atomic E-state index is -0.629. The van der Waals surface area contributed by atoms with Gasteiger partial charge < -0.3 is 4.74 Å². The van der Waals surface area contributed by atoms with Gasteiger partial charge in [-0.1, -0.05) is 29.8 Å². The maximum atomic E-state index is 12.2. The van der Waals surface area contributed by atoms with Gasteiger partial charge in [-0.25, -0.2) is 4.79 Å². The number of carbonyl (C=O) groups is 2. The van der Waals surface area contributed by atoms with Crippen molar-refractivity contribution < 1.29 is 14.3 Å². The molecular weight excluding hydrogens is 310 g/mol. The number of hydrogen-bond acceptors (Lipinski definition) is 5. The van der Waals surface area contributed by atoms with Crippen molar-refractivity contribution in [3.63, 3.8) is 0 Å². The Hall–Kier alpha value is -1.04. The smallest absolute Gasteiger partial charge is 0.327 e. The molecule has 114 valence electrons. The van der Waals surface area contributed by atoms with Crippen molar-refractivity contribution in [2.24, 2.45) is 0 Å². The molecule has 1 aromatic rings. The van der Waals surface area contributed by atoms with Crippen LogP contribution in [0.5, 0.6) is 0 Å². The standard InChI is InChI=1S/C15H18ClNO3S/c1-20-15(19)14(10-5-3-4-6-11(10)16)17-8-7-13(21-2)12(18)9-17/h3-6,13-14H,7-9H2,1-2H3/t13?,14-/m0/s1. The Morgan fingerprint density at radius 2 is 2.19 bits per heavy atom. The van der Waals surface area contributed by atoms with Gasteiger partial charge in [-0.15, -0.1) is 0 Å². The van der Waals surface area contributed by atoms with Crippen molar-refractivity contribution >= 4 is 35.1 Å². The third-order valence-electron chi connectivity index (χ3n) is 3.67. The molecule has 0 spiro atoms. The summed E-state index contributed by atoms with van der Waals surface area (Å²) in [7, 11) is 1.35. The second kappa shape index (κ2) is 7.29. The van der Waals surface area contributed by atoms with Gasteiger partial charge >= 0.3 is 5.97 Å². The quantitative estimate of drug-likeness (QED) is 0.795. The van der Waals surface area contributed by atoms with Crippen molar-refractivity contribution in [3.05, 3.63) is 34.9 Å². The van der Waals surface area contributed by atoms with Gasteiger partial charge in [-0.3, -0.25) is 9.69 Å². The summed E-state index contributed by atoms with van der Waals surface area (Å²) in [5.74, 6) is -0.242. The van der Waals surface area contributed by atoms with Crippen molar-refractivity contribution in [2.75, 3.05) is 26.5 Å². The zero-order valence-electron chi connectivity index (χ0n) is 12.0. The molecule has 0 N–H and O–H groups in total. The van der Waals surface area contributed by atoms with Crippen LogP contribution in [0.3, 0.4) is 0 Å². The van der Waals surface area contributed by atoms with Crippen LogP contribution in [-0.4, -0.2) is 48.4 Å². The van der Waals surface area contributed by atoms with Gasteiger partial charge in [0.05, 0.1) is 18.9 Å². The first-order valence-electron chi connectivity index (χ1n) is 6.70. The number of thioether (sulfide) groups is 1. The van der Waals surface area contributed by atoms with Gasteiger partial charge in [0.2, 0.25) is 0 Å². The van der Waals surface area contributed by atoms with Gasteiger partial charge in [0.15, 0.2) is 5.78 Å². The largest absolute Gasteiger partial charge is 0.468 e. The molecule has 1 heterocycles. The van der Waals surface area contributed by atoms with E-state index in [4.69, 9.17) is 16.3 Å². The minimum Gasteiger partial charge on any atom is -0.468 e. The number of benzene rings is 1. The summed E-state index contributed by atoms with van der Waals surface area (Å²) in [5, 5.41) is 0.526. The second-order valence-corrected chi connectivity index (χ2v) is 6.34. The highest BCUT2D eigenvalue weighted by Gasteiger charge is 2.36. The number of piperidine rings is 1. The molecule has 0 radical (unpaired) electrons. The molecule has 0 amide bonds. The SMILES string of the molecule is COC(=O)[C@H](c1ccccc1Cl)N1CCC(SC)C(=O)C1. The van der Waals surface area contributed by atoms with E-state index >= 15 is 0 Å². The first-order chi connectivity index (χ1) is 10.1. The predicted molar refractivity (Wildman–Crippen MR) is 84.7 cm³/mol. The average molecular weight is 328 g/mol. The molecular formula is C15H18ClNO3S. The third kappa shape index (κ3) is 3.59. The Kier molecular flexibility index (Phi) is 5.67. The Labute approximate surface area is 133 Å². The molecule has 1 unspecified atom stereocenters. The van der Waals surface area contributed by atoms with E-state index in [0.29, 0.717) is 17.1 Å². The van der Waals surface area contributed by atoms with Crippen molar-refractivity contribution in [1.29, 1.82) is 0 Å². The number of ketones is 1. The first-order valence-corrected chi connectivity index (χ1v) is 8.37. The van der Waals surface area contributed by atoms with Gasteiger partial charge in [-0.2, -0.15) is 11.8 Å². The molecule has 2 atom stereocenters. The fourth-order valence-corrected chi connectivity index (χ4v) is 3.49. The fraction of sp³-hybridized carbons (Fsp3) is 0.467. The van der Waals surface area contributed by atoms with Crippen LogP contribution in [0.15, 0.2) is 24.3 Å². The lowest BCUT2D eigenvalue weighted by atomic mass is 10.0. The molecule has 0 bridgehead atoms. The van der Waals surface area contributed by atoms with E-state index in [1.807, 2.05) is 23.3 Å². The van der Waals surface area contributed by atoms with Crippen LogP contribution in [0.1, 0.15) is 18.0 Å². The zero-order valence-corrected chi connectivity index (χ0v) is 13.6. The van der Waals surface area contributed by atoms with Gasteiger partial charge in [0.25, 0.3) is 0 Å². The lowest BCUT2D eigenvalue weighted by Gasteiger charge is -2.35. The second-order valence-electron chi connectivity index (χ2n) is 4.90. The number of halogens is 1. The van der Waals surface area contributed by atoms with E-state index in [0.717, 1.165) is 6.42 Å². The van der Waals surface area contributed by atoms with Crippen LogP contribution in [0.4, 0.5) is 0 Å². The van der Waals surface area contributed by atoms with Crippen LogP contribution in [-0.2, 0) is 14.3 Å². The first kappa shape index (κ1) is 16.3. The van der Waals surface area contributed by atoms with Crippen LogP contribution in [0, 0.1) is 0 Å². The maximum absolute atomic E-state index is 12.2. The molecule has 21 heavy (non-hydrogen) atoms. The average Bonchev–Trinajstić information content (AvgIpc) is 2.49. The number of hydrogen-bond donors (Lipinski definition) is 0. The van der Waals surface area contributed by atoms with E-state index in [-0.39, 0.29) is 17.6 Å². The maximum Gasteiger partial charge on any atom is 0.327 e. The molecule has 6 heteroatoms. The summed E-state index contributed by atoms with van der Waals surface area (Å²) in [6, 6.07) is 6.55. The van der Waals surface area contributed by atoms with Crippen LogP contribution in [0.25, 0.3) is 0 Å². The van der Waals surface area contributed by atoms with Crippen LogP contribution >= 0.6 is 23.4 Å². The van der Waals surface area contributed by atoms with E-state index in [1.165, 1.54) is 7.11 Å². The molecule has 0 saturated carbocycles. The van der Waals surface area contributed by atoms with Crippen molar-refractivity contribution in [2.45, 2.75) is 17.7 Å². The van der Waals surface area contributed by atoms with E-state index in [1.54, 1.807) is 23.9 Å². The highest BCUT2D eigenvalue weighted by Crippen LogP contribution is 2.31. The third-order valence-corrected chi connectivity index (χ3v) is 5.08. The molecule has 1 aliphatic heterocycles. The van der Waals surface area contributed by atoms with Crippen molar-refractivity contribution in [3.8, 4) is 0 Å². The number of nitrogens with zero attached hydrogens (tertiary/aromatic N) is 1. The highest BCUT2D eigenvalue weighted by molar-refractivity contribution is 7.99. The summed E-state index contributed by atoms with van der Waals surface area (Å²) in [6.07, 6.45) is 2.67. The normalized spacial score (nSPS) is 21.1. The van der Waals surface area contributed by atoms with E-state index in [9.17, 15) is 9.59 Å². The van der Waals surface area contributed by atoms with Crippen LogP contribution in [0.2, 0.25) is 5.02 Å². The fourth-order valence-electron chi connectivity index (χ4n) is 2.58. The summed E-state index contributed by atoms with van der Waals surface area (Å²) in [4.78, 5) is 26.2. The Morgan fingerprint density at radius 3 is 2.76 bits per heavy atom. The number of esters is 1. The molecule has 1 aliphatic rings. The number of Topliss-reactive ketones (excluding diaryl/α,β-unsaturated/α-hetero) is 1. The monoisotopic (exact) mass is 327 g/mol. The molecule has 1 fully saturated rings. The van der Waals surface area contributed by atoms with Gasteiger partial charge in [0.1, 0.15) is 6.04 Å². The highest BCUT2D eigenvalue weighted by atomic mass is 35.5. The topological polar surface area (TPSA) is 46.6 Å². The lowest BCUT2D eigenvalue weighted by Crippen LogP contribution is -2.46. The number of methoxy groups -OCH3 is 1. The van der Waals surface area contributed by atoms with E-state index in [2.05, 4.69) is 0 Å². The number of ether oxygens (including phenoxy) is 1. The van der Waals surface area contributed by atoms with Crippen LogP contribution < -0.4 is 0 Å². The Balaban J connectivity index is 2.28. The molecule has 1 aromatic carbocycles. The van der Waals surface area contributed by atoms with E-state index < -0.39 is 12.0 Å². The minimum absolute atomic E-state index is 0.0193. The van der Waals surface area contributed by atoms with Gasteiger partial charge in [0, 0.05) is 11.6 Å². The summed E-state index contributed by atoms with van der Waals surface area (Å²) in [6.45, 7) is 0.915. The number of carbonyl (C=O) groups excluding carboxylic acids is 2. The molecule has 4 nitrogen and oxygen atoms in total. The Bertz CT molecular complexity index is 537. The summed E-state index contributed by atoms with van der Waals surface area (Å²) in [5.41, 5.74) is 0.682. The molecule has 1 saturated heterocycles. The zero-order chi connectivity index (χ0) is 15.4. The Morgan fingerprint density at radius 1 is 1.48 bits per heavy atom. The predicted octanol–water partition coefficient (Wildman–Crippen LogP) is 2.56. The summed E-state index contributed by atoms with van der Waals surface area (Å²) < 4.78 is 4.91. The molecule has 2 rings (SSSR count).